The fourth-order valence-corrected chi connectivity index (χ4v) is 13.2. The molecule has 9 aromatic carbocycles. The highest BCUT2D eigenvalue weighted by Gasteiger charge is 2.51. The van der Waals surface area contributed by atoms with Gasteiger partial charge in [-0.25, -0.2) is 0 Å². The minimum absolute atomic E-state index is 0.0724. The van der Waals surface area contributed by atoms with Gasteiger partial charge in [0.1, 0.15) is 0 Å². The highest BCUT2D eigenvalue weighted by molar-refractivity contribution is 6.09. The van der Waals surface area contributed by atoms with Crippen molar-refractivity contribution < 1.29 is 0 Å². The Morgan fingerprint density at radius 3 is 1.38 bits per heavy atom. The van der Waals surface area contributed by atoms with Crippen LogP contribution in [0.4, 0.5) is 34.1 Å². The summed E-state index contributed by atoms with van der Waals surface area (Å²) in [5.41, 5.74) is 23.5. The van der Waals surface area contributed by atoms with Crippen LogP contribution >= 0.6 is 0 Å². The van der Waals surface area contributed by atoms with Crippen molar-refractivity contribution in [1.29, 1.82) is 0 Å². The van der Waals surface area contributed by atoms with Crippen molar-refractivity contribution in [3.8, 4) is 16.8 Å². The van der Waals surface area contributed by atoms with E-state index >= 15 is 0 Å². The van der Waals surface area contributed by atoms with Gasteiger partial charge in [0, 0.05) is 45.5 Å². The van der Waals surface area contributed by atoms with Gasteiger partial charge in [0.2, 0.25) is 0 Å². The first-order valence-corrected chi connectivity index (χ1v) is 23.5. The first-order chi connectivity index (χ1) is 32.8. The third-order valence-corrected chi connectivity index (χ3v) is 15.6. The molecule has 310 valence electrons. The maximum atomic E-state index is 2.56. The molecule has 2 bridgehead atoms. The summed E-state index contributed by atoms with van der Waals surface area (Å²) in [4.78, 5) is 5.07. The summed E-state index contributed by atoms with van der Waals surface area (Å²) < 4.78 is 2.56. The second-order valence-corrected chi connectivity index (χ2v) is 18.7. The van der Waals surface area contributed by atoms with Crippen molar-refractivity contribution in [1.82, 2.24) is 4.57 Å². The van der Waals surface area contributed by atoms with Crippen LogP contribution in [-0.4, -0.2) is 4.57 Å². The monoisotopic (exact) mass is 841 g/mol. The van der Waals surface area contributed by atoms with Crippen LogP contribution in [-0.2, 0) is 0 Å². The van der Waals surface area contributed by atoms with Crippen molar-refractivity contribution in [2.24, 2.45) is 11.8 Å². The van der Waals surface area contributed by atoms with Gasteiger partial charge in [-0.05, 0) is 123 Å². The maximum absolute atomic E-state index is 2.56. The van der Waals surface area contributed by atoms with E-state index in [0.29, 0.717) is 11.8 Å². The minimum atomic E-state index is 0.0724. The molecule has 1 aromatic heterocycles. The zero-order chi connectivity index (χ0) is 43.0. The van der Waals surface area contributed by atoms with E-state index in [1.54, 1.807) is 0 Å². The molecular weight excluding hydrogens is 799 g/mol. The number of para-hydroxylation sites is 6. The van der Waals surface area contributed by atoms with Crippen molar-refractivity contribution in [2.45, 2.75) is 17.8 Å². The van der Waals surface area contributed by atoms with Gasteiger partial charge in [-0.2, -0.15) is 0 Å². The Labute approximate surface area is 384 Å². The molecule has 4 aliphatic carbocycles. The zero-order valence-electron chi connectivity index (χ0n) is 36.2. The van der Waals surface area contributed by atoms with E-state index in [2.05, 4.69) is 245 Å². The first kappa shape index (κ1) is 36.2. The predicted octanol–water partition coefficient (Wildman–Crippen LogP) is 16.1. The first-order valence-electron chi connectivity index (χ1n) is 23.5. The molecule has 10 aromatic rings. The fourth-order valence-electron chi connectivity index (χ4n) is 13.2. The van der Waals surface area contributed by atoms with Gasteiger partial charge in [-0.1, -0.05) is 164 Å². The number of fused-ring (bicyclic) bond motifs is 7. The Morgan fingerprint density at radius 2 is 0.788 bits per heavy atom. The Balaban J connectivity index is 1.01. The smallest absolute Gasteiger partial charge is 0.0541 e. The van der Waals surface area contributed by atoms with E-state index in [1.807, 2.05) is 0 Å². The Bertz CT molecular complexity index is 3540. The molecule has 4 atom stereocenters. The molecule has 0 fully saturated rings. The molecule has 16 rings (SSSR count). The molecule has 0 saturated carbocycles. The highest BCUT2D eigenvalue weighted by Crippen LogP contribution is 2.65. The van der Waals surface area contributed by atoms with Crippen LogP contribution in [0, 0.1) is 11.8 Å². The lowest BCUT2D eigenvalue weighted by molar-refractivity contribution is 0.331. The summed E-state index contributed by atoms with van der Waals surface area (Å²) in [6, 6.07) is 77.5. The quantitative estimate of drug-likeness (QED) is 0.175. The summed E-state index contributed by atoms with van der Waals surface area (Å²) in [5, 5.41) is 2.59. The van der Waals surface area contributed by atoms with Crippen LogP contribution in [0.1, 0.15) is 56.7 Å². The average molecular weight is 842 g/mol. The second kappa shape index (κ2) is 13.7. The number of hydrogen-bond acceptors (Lipinski definition) is 2. The molecule has 6 aliphatic rings. The molecule has 3 nitrogen and oxygen atoms in total. The lowest BCUT2D eigenvalue weighted by Gasteiger charge is -2.51. The van der Waals surface area contributed by atoms with Gasteiger partial charge in [0.25, 0.3) is 0 Å². The van der Waals surface area contributed by atoms with Crippen molar-refractivity contribution in [3.05, 3.63) is 270 Å². The van der Waals surface area contributed by atoms with E-state index in [9.17, 15) is 0 Å². The maximum Gasteiger partial charge on any atom is 0.0541 e. The van der Waals surface area contributed by atoms with Crippen LogP contribution in [0.25, 0.3) is 38.6 Å². The molecule has 4 unspecified atom stereocenters. The van der Waals surface area contributed by atoms with Gasteiger partial charge < -0.3 is 14.4 Å². The normalized spacial score (nSPS) is 19.3. The van der Waals surface area contributed by atoms with Gasteiger partial charge in [-0.15, -0.1) is 0 Å². The van der Waals surface area contributed by atoms with Crippen molar-refractivity contribution in [2.75, 3.05) is 9.80 Å². The number of anilines is 6. The molecule has 0 saturated heterocycles. The number of rotatable bonds is 4. The third-order valence-electron chi connectivity index (χ3n) is 15.6. The lowest BCUT2D eigenvalue weighted by Crippen LogP contribution is -2.40. The highest BCUT2D eigenvalue weighted by atomic mass is 15.2. The number of benzene rings is 9. The van der Waals surface area contributed by atoms with Gasteiger partial charge >= 0.3 is 0 Å². The number of hydrogen-bond donors (Lipinski definition) is 0. The summed E-state index contributed by atoms with van der Waals surface area (Å²) in [7, 11) is 0. The Kier molecular flexibility index (Phi) is 7.51. The van der Waals surface area contributed by atoms with Crippen LogP contribution in [0.5, 0.6) is 0 Å². The van der Waals surface area contributed by atoms with E-state index in [4.69, 9.17) is 0 Å². The fraction of sp³-hybridized carbons (Fsp3) is 0.0794. The largest absolute Gasteiger partial charge is 0.310 e. The van der Waals surface area contributed by atoms with Crippen LogP contribution in [0.3, 0.4) is 0 Å². The SMILES string of the molecule is C1=CC2C3c4cccc(-n5c6ccccc6c6ccccc65)c4C(c4cccc(-c5cc6c7c(c5)N(c5ccccc5)c5ccccc5C7c5ccccc5N6c5ccccc5)c43)C2C=C1. The Hall–Kier alpha value is -8.14. The molecule has 0 amide bonds. The number of nitrogens with zero attached hydrogens (tertiary/aromatic N) is 3. The van der Waals surface area contributed by atoms with E-state index in [0.717, 1.165) is 11.4 Å². The zero-order valence-corrected chi connectivity index (χ0v) is 36.2. The van der Waals surface area contributed by atoms with Crippen LogP contribution < -0.4 is 9.80 Å². The van der Waals surface area contributed by atoms with Gasteiger partial charge in [-0.3, -0.25) is 0 Å². The van der Waals surface area contributed by atoms with E-state index < -0.39 is 0 Å². The van der Waals surface area contributed by atoms with Crippen molar-refractivity contribution in [3.63, 3.8) is 0 Å². The molecule has 66 heavy (non-hydrogen) atoms. The second-order valence-electron chi connectivity index (χ2n) is 18.7. The van der Waals surface area contributed by atoms with Crippen LogP contribution in [0.2, 0.25) is 0 Å². The third kappa shape index (κ3) is 4.81. The summed E-state index contributed by atoms with van der Waals surface area (Å²) in [5.74, 6) is 1.12. The van der Waals surface area contributed by atoms with E-state index in [-0.39, 0.29) is 17.8 Å². The minimum Gasteiger partial charge on any atom is -0.310 e. The molecular formula is C63H43N3. The molecule has 3 heterocycles. The molecule has 0 N–H and O–H groups in total. The lowest BCUT2D eigenvalue weighted by atomic mass is 9.52. The number of allylic oxidation sites excluding steroid dienone is 4. The number of aromatic nitrogens is 1. The molecule has 0 radical (unpaired) electrons. The average Bonchev–Trinajstić information content (AvgIpc) is 3.72. The Morgan fingerprint density at radius 1 is 0.333 bits per heavy atom. The standard InChI is InChI=1S/C63H43N3/c1-3-19-40(20-4-1)64-53-34-15-11-27-47(53)61-48-28-12-16-35-54(48)65(41-21-5-2-6-22-41)57-38-39(37-56(64)63(57)61)42-29-17-30-49-58(42)59-45-25-7-8-26-46(45)60(49)62-50(59)31-18-36-55(62)66-51-32-13-9-23-43(51)44-24-10-14-33-52(44)66/h1-38,45-46,59-61H. The summed E-state index contributed by atoms with van der Waals surface area (Å²) in [6.07, 6.45) is 9.62. The van der Waals surface area contributed by atoms with Gasteiger partial charge in [0.05, 0.1) is 39.5 Å². The molecule has 3 heteroatoms. The van der Waals surface area contributed by atoms with Crippen LogP contribution in [0.15, 0.2) is 231 Å². The van der Waals surface area contributed by atoms with E-state index in [1.165, 1.54) is 100 Å². The van der Waals surface area contributed by atoms with Crippen molar-refractivity contribution >= 4 is 55.9 Å². The predicted molar refractivity (Wildman–Crippen MR) is 272 cm³/mol. The van der Waals surface area contributed by atoms with Gasteiger partial charge in [0.15, 0.2) is 0 Å². The molecule has 0 spiro atoms. The molecule has 2 aliphatic heterocycles. The topological polar surface area (TPSA) is 11.4 Å². The summed E-state index contributed by atoms with van der Waals surface area (Å²) >= 11 is 0. The summed E-state index contributed by atoms with van der Waals surface area (Å²) in [6.45, 7) is 0.